The van der Waals surface area contributed by atoms with Gasteiger partial charge in [-0.15, -0.1) is 0 Å². The van der Waals surface area contributed by atoms with Crippen LogP contribution in [0.15, 0.2) is 70.6 Å². The molecule has 2 N–H and O–H groups in total. The summed E-state index contributed by atoms with van der Waals surface area (Å²) in [6, 6.07) is 13.0. The number of aromatic nitrogens is 2. The standard InChI is InChI=1S/C19H20N4O5S2/c1-3-23-14(2)18(13-20-23)30(27,28)21-16-9-11-17(12-10-16)29(25,26)22-19(24)15-7-5-4-6-8-15/h4-13,21H,3H2,1-2H3,(H,22,24). The summed E-state index contributed by atoms with van der Waals surface area (Å²) in [5, 5.41) is 4.02. The first-order valence-electron chi connectivity index (χ1n) is 8.91. The highest BCUT2D eigenvalue weighted by Crippen LogP contribution is 2.20. The van der Waals surface area contributed by atoms with Crippen LogP contribution in [0.2, 0.25) is 0 Å². The molecule has 0 saturated heterocycles. The number of aryl methyl sites for hydroxylation is 1. The molecule has 9 nitrogen and oxygen atoms in total. The Morgan fingerprint density at radius 1 is 0.967 bits per heavy atom. The van der Waals surface area contributed by atoms with Crippen molar-refractivity contribution in [3.8, 4) is 0 Å². The molecule has 0 fully saturated rings. The van der Waals surface area contributed by atoms with Crippen molar-refractivity contribution in [3.05, 3.63) is 72.1 Å². The van der Waals surface area contributed by atoms with Gasteiger partial charge in [0.15, 0.2) is 0 Å². The maximum Gasteiger partial charge on any atom is 0.265 e. The number of rotatable bonds is 7. The summed E-state index contributed by atoms with van der Waals surface area (Å²) in [5.74, 6) is -0.760. The number of sulfonamides is 2. The topological polar surface area (TPSA) is 127 Å². The van der Waals surface area contributed by atoms with Crippen LogP contribution in [0.5, 0.6) is 0 Å². The minimum atomic E-state index is -4.12. The molecular formula is C19H20N4O5S2. The minimum Gasteiger partial charge on any atom is -0.280 e. The summed E-state index contributed by atoms with van der Waals surface area (Å²) in [4.78, 5) is 12.0. The first-order chi connectivity index (χ1) is 14.1. The molecule has 1 amide bonds. The van der Waals surface area contributed by atoms with E-state index in [1.54, 1.807) is 29.8 Å². The summed E-state index contributed by atoms with van der Waals surface area (Å²) in [6.07, 6.45) is 1.26. The van der Waals surface area contributed by atoms with E-state index in [1.165, 1.54) is 42.6 Å². The Kier molecular flexibility index (Phi) is 5.94. The van der Waals surface area contributed by atoms with Crippen molar-refractivity contribution in [2.75, 3.05) is 4.72 Å². The highest BCUT2D eigenvalue weighted by molar-refractivity contribution is 7.92. The minimum absolute atomic E-state index is 0.0381. The Morgan fingerprint density at radius 2 is 1.60 bits per heavy atom. The van der Waals surface area contributed by atoms with Gasteiger partial charge >= 0.3 is 0 Å². The third-order valence-corrected chi connectivity index (χ3v) is 7.16. The largest absolute Gasteiger partial charge is 0.280 e. The van der Waals surface area contributed by atoms with Gasteiger partial charge in [0.25, 0.3) is 26.0 Å². The molecule has 158 valence electrons. The second-order valence-corrected chi connectivity index (χ2v) is 9.67. The van der Waals surface area contributed by atoms with Crippen LogP contribution in [-0.4, -0.2) is 32.5 Å². The maximum absolute atomic E-state index is 12.6. The molecule has 30 heavy (non-hydrogen) atoms. The molecule has 3 aromatic rings. The van der Waals surface area contributed by atoms with Crippen molar-refractivity contribution in [3.63, 3.8) is 0 Å². The molecule has 0 unspecified atom stereocenters. The first kappa shape index (κ1) is 21.5. The molecule has 0 aliphatic rings. The Hall–Kier alpha value is -3.18. The zero-order valence-electron chi connectivity index (χ0n) is 16.2. The van der Waals surface area contributed by atoms with E-state index < -0.39 is 26.0 Å². The molecule has 0 bridgehead atoms. The van der Waals surface area contributed by atoms with Crippen LogP contribution >= 0.6 is 0 Å². The van der Waals surface area contributed by atoms with Crippen molar-refractivity contribution in [2.45, 2.75) is 30.2 Å². The molecule has 1 aromatic heterocycles. The predicted molar refractivity (Wildman–Crippen MR) is 111 cm³/mol. The molecule has 0 saturated carbocycles. The lowest BCUT2D eigenvalue weighted by Crippen LogP contribution is -2.30. The van der Waals surface area contributed by atoms with E-state index in [4.69, 9.17) is 0 Å². The molecule has 2 aromatic carbocycles. The van der Waals surface area contributed by atoms with Crippen molar-refractivity contribution < 1.29 is 21.6 Å². The average Bonchev–Trinajstić information content (AvgIpc) is 3.10. The predicted octanol–water partition coefficient (Wildman–Crippen LogP) is 2.13. The average molecular weight is 449 g/mol. The van der Waals surface area contributed by atoms with Crippen LogP contribution in [-0.2, 0) is 26.6 Å². The van der Waals surface area contributed by atoms with Crippen LogP contribution in [0, 0.1) is 6.92 Å². The van der Waals surface area contributed by atoms with Gasteiger partial charge in [-0.3, -0.25) is 14.2 Å². The summed E-state index contributed by atoms with van der Waals surface area (Å²) < 4.78 is 56.0. The second-order valence-electron chi connectivity index (χ2n) is 6.34. The van der Waals surface area contributed by atoms with E-state index in [0.717, 1.165) is 0 Å². The molecule has 1 heterocycles. The molecular weight excluding hydrogens is 428 g/mol. The van der Waals surface area contributed by atoms with Gasteiger partial charge in [-0.2, -0.15) is 5.10 Å². The molecule has 0 spiro atoms. The smallest absolute Gasteiger partial charge is 0.265 e. The van der Waals surface area contributed by atoms with Crippen LogP contribution in [0.25, 0.3) is 0 Å². The van der Waals surface area contributed by atoms with Gasteiger partial charge in [0.2, 0.25) is 0 Å². The highest BCUT2D eigenvalue weighted by Gasteiger charge is 2.22. The van der Waals surface area contributed by atoms with Crippen molar-refractivity contribution in [1.82, 2.24) is 14.5 Å². The number of carbonyl (C=O) groups excluding carboxylic acids is 1. The van der Waals surface area contributed by atoms with Crippen LogP contribution in [0.1, 0.15) is 23.0 Å². The summed E-state index contributed by atoms with van der Waals surface area (Å²) in [7, 11) is -8.01. The van der Waals surface area contributed by atoms with E-state index in [2.05, 4.69) is 9.82 Å². The Morgan fingerprint density at radius 3 is 2.17 bits per heavy atom. The van der Waals surface area contributed by atoms with Crippen molar-refractivity contribution >= 4 is 31.6 Å². The fourth-order valence-electron chi connectivity index (χ4n) is 2.75. The van der Waals surface area contributed by atoms with E-state index in [0.29, 0.717) is 12.2 Å². The van der Waals surface area contributed by atoms with Crippen LogP contribution < -0.4 is 9.44 Å². The molecule has 0 radical (unpaired) electrons. The third-order valence-electron chi connectivity index (χ3n) is 4.33. The Bertz CT molecular complexity index is 1270. The van der Waals surface area contributed by atoms with E-state index in [-0.39, 0.29) is 21.0 Å². The van der Waals surface area contributed by atoms with Crippen molar-refractivity contribution in [1.29, 1.82) is 0 Å². The lowest BCUT2D eigenvalue weighted by molar-refractivity contribution is 0.0981. The first-order valence-corrected chi connectivity index (χ1v) is 11.9. The summed E-state index contributed by atoms with van der Waals surface area (Å²) in [6.45, 7) is 4.03. The number of carbonyl (C=O) groups is 1. The number of nitrogens with one attached hydrogen (secondary N) is 2. The zero-order chi connectivity index (χ0) is 21.9. The molecule has 0 aliphatic heterocycles. The van der Waals surface area contributed by atoms with Crippen LogP contribution in [0.4, 0.5) is 5.69 Å². The van der Waals surface area contributed by atoms with Gasteiger partial charge < -0.3 is 0 Å². The van der Waals surface area contributed by atoms with Gasteiger partial charge in [-0.25, -0.2) is 21.6 Å². The molecule has 0 aliphatic carbocycles. The number of amides is 1. The maximum atomic E-state index is 12.6. The summed E-state index contributed by atoms with van der Waals surface area (Å²) in [5.41, 5.74) is 0.869. The number of anilines is 1. The van der Waals surface area contributed by atoms with Gasteiger partial charge in [0.05, 0.1) is 16.8 Å². The van der Waals surface area contributed by atoms with E-state index in [1.807, 2.05) is 11.6 Å². The lowest BCUT2D eigenvalue weighted by Gasteiger charge is -2.10. The third kappa shape index (κ3) is 4.52. The van der Waals surface area contributed by atoms with E-state index >= 15 is 0 Å². The number of nitrogens with zero attached hydrogens (tertiary/aromatic N) is 2. The normalized spacial score (nSPS) is 11.8. The SMILES string of the molecule is CCn1ncc(S(=O)(=O)Nc2ccc(S(=O)(=O)NC(=O)c3ccccc3)cc2)c1C. The molecule has 11 heteroatoms. The fraction of sp³-hybridized carbons (Fsp3) is 0.158. The highest BCUT2D eigenvalue weighted by atomic mass is 32.2. The van der Waals surface area contributed by atoms with Crippen molar-refractivity contribution in [2.24, 2.45) is 0 Å². The lowest BCUT2D eigenvalue weighted by atomic mass is 10.2. The van der Waals surface area contributed by atoms with Gasteiger partial charge in [0.1, 0.15) is 4.90 Å². The Balaban J connectivity index is 1.77. The van der Waals surface area contributed by atoms with Gasteiger partial charge in [0, 0.05) is 17.8 Å². The molecule has 0 atom stereocenters. The summed E-state index contributed by atoms with van der Waals surface area (Å²) >= 11 is 0. The molecule has 3 rings (SSSR count). The van der Waals surface area contributed by atoms with Crippen LogP contribution in [0.3, 0.4) is 0 Å². The monoisotopic (exact) mass is 448 g/mol. The number of hydrogen-bond acceptors (Lipinski definition) is 6. The fourth-order valence-corrected chi connectivity index (χ4v) is 4.96. The number of benzene rings is 2. The van der Waals surface area contributed by atoms with Gasteiger partial charge in [-0.05, 0) is 50.2 Å². The quantitative estimate of drug-likeness (QED) is 0.570. The van der Waals surface area contributed by atoms with Gasteiger partial charge in [-0.1, -0.05) is 18.2 Å². The van der Waals surface area contributed by atoms with E-state index in [9.17, 15) is 21.6 Å². The number of hydrogen-bond donors (Lipinski definition) is 2. The second kappa shape index (κ2) is 8.28. The Labute approximate surface area is 174 Å². The zero-order valence-corrected chi connectivity index (χ0v) is 17.9.